The zero-order valence-corrected chi connectivity index (χ0v) is 11.6. The molecular weight excluding hydrogens is 285 g/mol. The van der Waals surface area contributed by atoms with E-state index in [-0.39, 0.29) is 24.3 Å². The fourth-order valence-electron chi connectivity index (χ4n) is 2.43. The summed E-state index contributed by atoms with van der Waals surface area (Å²) in [4.78, 5) is 16.5. The second-order valence-corrected chi connectivity index (χ2v) is 5.01. The Bertz CT molecular complexity index is 533. The molecule has 1 aliphatic heterocycles. The van der Waals surface area contributed by atoms with Gasteiger partial charge < -0.3 is 16.0 Å². The van der Waals surface area contributed by atoms with Crippen LogP contribution in [0.5, 0.6) is 0 Å². The number of amides is 1. The van der Waals surface area contributed by atoms with Gasteiger partial charge in [-0.1, -0.05) is 6.07 Å². The summed E-state index contributed by atoms with van der Waals surface area (Å²) in [5.41, 5.74) is 5.20. The molecule has 1 fully saturated rings. The maximum Gasteiger partial charge on any atom is 0.433 e. The summed E-state index contributed by atoms with van der Waals surface area (Å²) in [6.07, 6.45) is -3.82. The Hall–Kier alpha value is -1.83. The van der Waals surface area contributed by atoms with Crippen LogP contribution >= 0.6 is 0 Å². The minimum atomic E-state index is -4.49. The molecule has 1 amide bonds. The van der Waals surface area contributed by atoms with E-state index in [1.54, 1.807) is 4.90 Å². The van der Waals surface area contributed by atoms with Crippen LogP contribution in [-0.4, -0.2) is 30.0 Å². The smallest absolute Gasteiger partial charge is 0.354 e. The van der Waals surface area contributed by atoms with Gasteiger partial charge in [0.1, 0.15) is 11.5 Å². The maximum absolute atomic E-state index is 12.8. The largest absolute Gasteiger partial charge is 0.433 e. The van der Waals surface area contributed by atoms with E-state index in [1.165, 1.54) is 13.0 Å². The van der Waals surface area contributed by atoms with Crippen molar-refractivity contribution in [1.82, 2.24) is 10.3 Å². The second-order valence-electron chi connectivity index (χ2n) is 5.01. The van der Waals surface area contributed by atoms with E-state index in [1.807, 2.05) is 0 Å². The van der Waals surface area contributed by atoms with Crippen LogP contribution in [-0.2, 0) is 17.5 Å². The van der Waals surface area contributed by atoms with Gasteiger partial charge in [0.05, 0.1) is 0 Å². The molecule has 2 heterocycles. The Balaban J connectivity index is 2.24. The quantitative estimate of drug-likeness (QED) is 0.882. The van der Waals surface area contributed by atoms with Gasteiger partial charge in [0.25, 0.3) is 0 Å². The van der Waals surface area contributed by atoms with Gasteiger partial charge in [-0.15, -0.1) is 0 Å². The van der Waals surface area contributed by atoms with Crippen molar-refractivity contribution in [3.8, 4) is 0 Å². The first-order valence-corrected chi connectivity index (χ1v) is 6.60. The number of halogens is 3. The van der Waals surface area contributed by atoms with Crippen molar-refractivity contribution >= 4 is 11.7 Å². The van der Waals surface area contributed by atoms with Crippen LogP contribution in [0, 0.1) is 0 Å². The molecule has 1 saturated heterocycles. The van der Waals surface area contributed by atoms with E-state index in [2.05, 4.69) is 10.3 Å². The highest BCUT2D eigenvalue weighted by Crippen LogP contribution is 2.31. The average molecular weight is 302 g/mol. The highest BCUT2D eigenvalue weighted by Gasteiger charge is 2.34. The lowest BCUT2D eigenvalue weighted by Gasteiger charge is -2.21. The van der Waals surface area contributed by atoms with Gasteiger partial charge in [-0.3, -0.25) is 4.79 Å². The molecule has 1 aromatic heterocycles. The van der Waals surface area contributed by atoms with Crippen LogP contribution in [0.1, 0.15) is 24.6 Å². The monoisotopic (exact) mass is 302 g/mol. The van der Waals surface area contributed by atoms with Crippen molar-refractivity contribution in [2.24, 2.45) is 5.73 Å². The molecular formula is C13H17F3N4O. The van der Waals surface area contributed by atoms with E-state index in [9.17, 15) is 18.0 Å². The molecule has 0 bridgehead atoms. The molecule has 3 N–H and O–H groups in total. The minimum Gasteiger partial charge on any atom is -0.354 e. The van der Waals surface area contributed by atoms with Crippen LogP contribution in [0.15, 0.2) is 12.1 Å². The van der Waals surface area contributed by atoms with Crippen LogP contribution in [0.3, 0.4) is 0 Å². The number of nitrogens with zero attached hydrogens (tertiary/aromatic N) is 2. The first kappa shape index (κ1) is 15.6. The van der Waals surface area contributed by atoms with Gasteiger partial charge in [-0.25, -0.2) is 4.98 Å². The first-order chi connectivity index (χ1) is 9.81. The summed E-state index contributed by atoms with van der Waals surface area (Å²) in [7, 11) is 0. The molecule has 21 heavy (non-hydrogen) atoms. The third-order valence-corrected chi connectivity index (χ3v) is 3.36. The number of carbonyl (C=O) groups is 1. The lowest BCUT2D eigenvalue weighted by atomic mass is 10.2. The average Bonchev–Trinajstić information content (AvgIpc) is 2.84. The van der Waals surface area contributed by atoms with Crippen molar-refractivity contribution < 1.29 is 18.0 Å². The van der Waals surface area contributed by atoms with Crippen LogP contribution in [0.25, 0.3) is 0 Å². The predicted molar refractivity (Wildman–Crippen MR) is 71.6 cm³/mol. The Kier molecular flexibility index (Phi) is 4.36. The van der Waals surface area contributed by atoms with Crippen LogP contribution in [0.2, 0.25) is 0 Å². The summed E-state index contributed by atoms with van der Waals surface area (Å²) in [6.45, 7) is 2.49. The number of rotatable bonds is 3. The number of hydrogen-bond acceptors (Lipinski definition) is 4. The summed E-state index contributed by atoms with van der Waals surface area (Å²) < 4.78 is 38.3. The number of nitrogens with two attached hydrogens (primary N) is 1. The number of aromatic nitrogens is 1. The van der Waals surface area contributed by atoms with Crippen molar-refractivity contribution in [1.29, 1.82) is 0 Å². The molecule has 5 nitrogen and oxygen atoms in total. The predicted octanol–water partition coefficient (Wildman–Crippen LogP) is 1.27. The number of alkyl halides is 3. The Labute approximate surface area is 120 Å². The minimum absolute atomic E-state index is 0.0792. The second kappa shape index (κ2) is 5.88. The summed E-state index contributed by atoms with van der Waals surface area (Å²) in [5.74, 6) is 0.0954. The number of nitrogens with one attached hydrogen (secondary N) is 1. The van der Waals surface area contributed by atoms with Crippen molar-refractivity contribution in [3.63, 3.8) is 0 Å². The number of hydrogen-bond donors (Lipinski definition) is 2. The van der Waals surface area contributed by atoms with Gasteiger partial charge in [-0.05, 0) is 12.5 Å². The van der Waals surface area contributed by atoms with Gasteiger partial charge >= 0.3 is 6.18 Å². The molecule has 0 aromatic carbocycles. The van der Waals surface area contributed by atoms with Gasteiger partial charge in [-0.2, -0.15) is 13.2 Å². The fourth-order valence-corrected chi connectivity index (χ4v) is 2.43. The molecule has 1 aromatic rings. The van der Waals surface area contributed by atoms with Crippen molar-refractivity contribution in [2.45, 2.75) is 32.1 Å². The standard InChI is InChI=1S/C13H17F3N4O/c1-8(21)18-10-4-5-20(7-10)12-9(6-17)2-3-11(19-12)13(14,15)16/h2-3,10H,4-7,17H2,1H3,(H,18,21). The lowest BCUT2D eigenvalue weighted by molar-refractivity contribution is -0.141. The summed E-state index contributed by atoms with van der Waals surface area (Å²) in [5, 5.41) is 2.76. The maximum atomic E-state index is 12.8. The number of pyridine rings is 1. The molecule has 1 atom stereocenters. The topological polar surface area (TPSA) is 71.2 Å². The summed E-state index contributed by atoms with van der Waals surface area (Å²) in [6, 6.07) is 2.22. The molecule has 116 valence electrons. The first-order valence-electron chi connectivity index (χ1n) is 6.60. The highest BCUT2D eigenvalue weighted by molar-refractivity contribution is 5.73. The molecule has 2 rings (SSSR count). The van der Waals surface area contributed by atoms with E-state index >= 15 is 0 Å². The lowest BCUT2D eigenvalue weighted by Crippen LogP contribution is -2.36. The van der Waals surface area contributed by atoms with Crippen molar-refractivity contribution in [2.75, 3.05) is 18.0 Å². The molecule has 1 unspecified atom stereocenters. The van der Waals surface area contributed by atoms with Crippen LogP contribution < -0.4 is 16.0 Å². The molecule has 8 heteroatoms. The van der Waals surface area contributed by atoms with E-state index < -0.39 is 11.9 Å². The van der Waals surface area contributed by atoms with Crippen LogP contribution in [0.4, 0.5) is 19.0 Å². The molecule has 0 saturated carbocycles. The molecule has 0 aliphatic carbocycles. The summed E-state index contributed by atoms with van der Waals surface area (Å²) >= 11 is 0. The van der Waals surface area contributed by atoms with Gasteiger partial charge in [0, 0.05) is 38.2 Å². The normalized spacial score (nSPS) is 18.9. The van der Waals surface area contributed by atoms with Gasteiger partial charge in [0.2, 0.25) is 5.91 Å². The zero-order chi connectivity index (χ0) is 15.6. The van der Waals surface area contributed by atoms with E-state index in [0.29, 0.717) is 25.1 Å². The fraction of sp³-hybridized carbons (Fsp3) is 0.538. The Morgan fingerprint density at radius 3 is 2.81 bits per heavy atom. The van der Waals surface area contributed by atoms with E-state index in [4.69, 9.17) is 5.73 Å². The Morgan fingerprint density at radius 2 is 2.24 bits per heavy atom. The molecule has 0 radical (unpaired) electrons. The third-order valence-electron chi connectivity index (χ3n) is 3.36. The Morgan fingerprint density at radius 1 is 1.52 bits per heavy atom. The van der Waals surface area contributed by atoms with E-state index in [0.717, 1.165) is 6.07 Å². The number of anilines is 1. The highest BCUT2D eigenvalue weighted by atomic mass is 19.4. The SMILES string of the molecule is CC(=O)NC1CCN(c2nc(C(F)(F)F)ccc2CN)C1. The molecule has 1 aliphatic rings. The molecule has 0 spiro atoms. The number of carbonyl (C=O) groups excluding carboxylic acids is 1. The van der Waals surface area contributed by atoms with Crippen molar-refractivity contribution in [3.05, 3.63) is 23.4 Å². The van der Waals surface area contributed by atoms with Gasteiger partial charge in [0.15, 0.2) is 0 Å². The zero-order valence-electron chi connectivity index (χ0n) is 11.6. The third kappa shape index (κ3) is 3.63.